The largest absolute Gasteiger partial charge is 0.337 e. The quantitative estimate of drug-likeness (QED) is 0.842. The third kappa shape index (κ3) is 2.37. The first kappa shape index (κ1) is 12.6. The average molecular weight is 245 g/mol. The van der Waals surface area contributed by atoms with Crippen LogP contribution in [-0.2, 0) is 6.42 Å². The molecule has 0 radical (unpaired) electrons. The number of amides is 1. The molecule has 0 fully saturated rings. The molecule has 2 rings (SSSR count). The van der Waals surface area contributed by atoms with Crippen LogP contribution in [0.3, 0.4) is 0 Å². The molecule has 0 spiro atoms. The number of aromatic nitrogens is 2. The number of nitrogens with one attached hydrogen (secondary N) is 1. The molecule has 0 unspecified atom stereocenters. The number of para-hydroxylation sites is 2. The molecule has 0 aliphatic rings. The van der Waals surface area contributed by atoms with Crippen molar-refractivity contribution in [3.63, 3.8) is 0 Å². The van der Waals surface area contributed by atoms with Gasteiger partial charge in [-0.1, -0.05) is 32.4 Å². The van der Waals surface area contributed by atoms with E-state index in [0.717, 1.165) is 36.1 Å². The Labute approximate surface area is 107 Å². The van der Waals surface area contributed by atoms with Gasteiger partial charge in [0.25, 0.3) is 0 Å². The van der Waals surface area contributed by atoms with E-state index < -0.39 is 0 Å². The first-order valence-corrected chi connectivity index (χ1v) is 6.52. The van der Waals surface area contributed by atoms with Gasteiger partial charge in [0.1, 0.15) is 5.82 Å². The summed E-state index contributed by atoms with van der Waals surface area (Å²) in [6.45, 7) is 4.83. The van der Waals surface area contributed by atoms with Gasteiger partial charge < -0.3 is 5.32 Å². The minimum absolute atomic E-state index is 0.0750. The van der Waals surface area contributed by atoms with Crippen LogP contribution in [0.1, 0.15) is 32.5 Å². The molecule has 0 saturated heterocycles. The monoisotopic (exact) mass is 245 g/mol. The summed E-state index contributed by atoms with van der Waals surface area (Å²) in [4.78, 5) is 16.7. The molecule has 1 aromatic carbocycles. The second-order valence-corrected chi connectivity index (χ2v) is 4.29. The van der Waals surface area contributed by atoms with E-state index in [9.17, 15) is 4.79 Å². The second kappa shape index (κ2) is 5.67. The van der Waals surface area contributed by atoms with Gasteiger partial charge in [-0.05, 0) is 18.6 Å². The first-order valence-electron chi connectivity index (χ1n) is 6.52. The lowest BCUT2D eigenvalue weighted by atomic mass is 10.3. The SMILES string of the molecule is CCCCNC(=O)n1c(CC)nc2ccccc21. The van der Waals surface area contributed by atoms with Crippen molar-refractivity contribution >= 4 is 17.1 Å². The maximum absolute atomic E-state index is 12.2. The van der Waals surface area contributed by atoms with Gasteiger partial charge in [-0.15, -0.1) is 0 Å². The molecule has 4 nitrogen and oxygen atoms in total. The third-order valence-electron chi connectivity index (χ3n) is 2.96. The Bertz CT molecular complexity index is 545. The highest BCUT2D eigenvalue weighted by atomic mass is 16.2. The van der Waals surface area contributed by atoms with Gasteiger partial charge in [0.15, 0.2) is 0 Å². The number of hydrogen-bond acceptors (Lipinski definition) is 2. The van der Waals surface area contributed by atoms with Gasteiger partial charge in [-0.2, -0.15) is 0 Å². The van der Waals surface area contributed by atoms with E-state index in [1.807, 2.05) is 31.2 Å². The van der Waals surface area contributed by atoms with Crippen molar-refractivity contribution in [1.82, 2.24) is 14.9 Å². The summed E-state index contributed by atoms with van der Waals surface area (Å²) in [6, 6.07) is 7.66. The van der Waals surface area contributed by atoms with Gasteiger partial charge in [0.2, 0.25) is 0 Å². The Hall–Kier alpha value is -1.84. The number of rotatable bonds is 4. The van der Waals surface area contributed by atoms with Crippen molar-refractivity contribution < 1.29 is 4.79 Å². The van der Waals surface area contributed by atoms with E-state index in [1.54, 1.807) is 4.57 Å². The smallest absolute Gasteiger partial charge is 0.327 e. The van der Waals surface area contributed by atoms with Crippen LogP contribution >= 0.6 is 0 Å². The Morgan fingerprint density at radius 2 is 2.11 bits per heavy atom. The van der Waals surface area contributed by atoms with Crippen molar-refractivity contribution in [3.05, 3.63) is 30.1 Å². The molecule has 0 bridgehead atoms. The highest BCUT2D eigenvalue weighted by molar-refractivity contribution is 5.90. The lowest BCUT2D eigenvalue weighted by Crippen LogP contribution is -2.30. The molecule has 0 aliphatic heterocycles. The van der Waals surface area contributed by atoms with Crippen LogP contribution in [0.4, 0.5) is 4.79 Å². The number of nitrogens with zero attached hydrogens (tertiary/aromatic N) is 2. The standard InChI is InChI=1S/C14H19N3O/c1-3-5-10-15-14(18)17-12-9-7-6-8-11(12)16-13(17)4-2/h6-9H,3-5,10H2,1-2H3,(H,15,18). The summed E-state index contributed by atoms with van der Waals surface area (Å²) in [5, 5.41) is 2.94. The normalized spacial score (nSPS) is 10.8. The first-order chi connectivity index (χ1) is 8.77. The zero-order valence-corrected chi connectivity index (χ0v) is 10.9. The molecule has 0 atom stereocenters. The summed E-state index contributed by atoms with van der Waals surface area (Å²) in [7, 11) is 0. The number of benzene rings is 1. The molecule has 1 N–H and O–H groups in total. The summed E-state index contributed by atoms with van der Waals surface area (Å²) in [6.07, 6.45) is 2.82. The van der Waals surface area contributed by atoms with E-state index in [1.165, 1.54) is 0 Å². The molecule has 4 heteroatoms. The van der Waals surface area contributed by atoms with Crippen molar-refractivity contribution in [3.8, 4) is 0 Å². The lowest BCUT2D eigenvalue weighted by molar-refractivity contribution is 0.242. The van der Waals surface area contributed by atoms with Crippen LogP contribution in [0, 0.1) is 0 Å². The molecule has 2 aromatic rings. The summed E-state index contributed by atoms with van der Waals surface area (Å²) in [5.74, 6) is 0.810. The lowest BCUT2D eigenvalue weighted by Gasteiger charge is -2.08. The zero-order chi connectivity index (χ0) is 13.0. The number of carbonyl (C=O) groups excluding carboxylic acids is 1. The molecular weight excluding hydrogens is 226 g/mol. The molecule has 0 aliphatic carbocycles. The maximum atomic E-state index is 12.2. The number of fused-ring (bicyclic) bond motifs is 1. The van der Waals surface area contributed by atoms with Crippen molar-refractivity contribution in [2.24, 2.45) is 0 Å². The maximum Gasteiger partial charge on any atom is 0.327 e. The molecule has 1 heterocycles. The minimum atomic E-state index is -0.0750. The van der Waals surface area contributed by atoms with Crippen molar-refractivity contribution in [2.75, 3.05) is 6.54 Å². The molecule has 1 aromatic heterocycles. The molecule has 0 saturated carbocycles. The van der Waals surface area contributed by atoms with Crippen LogP contribution in [0.2, 0.25) is 0 Å². The highest BCUT2D eigenvalue weighted by Gasteiger charge is 2.14. The van der Waals surface area contributed by atoms with Crippen LogP contribution in [-0.4, -0.2) is 22.1 Å². The van der Waals surface area contributed by atoms with Crippen molar-refractivity contribution in [1.29, 1.82) is 0 Å². The predicted octanol–water partition coefficient (Wildman–Crippen LogP) is 2.96. The number of hydrogen-bond donors (Lipinski definition) is 1. The van der Waals surface area contributed by atoms with Crippen molar-refractivity contribution in [2.45, 2.75) is 33.1 Å². The molecular formula is C14H19N3O. The number of imidazole rings is 1. The Morgan fingerprint density at radius 1 is 1.33 bits per heavy atom. The fourth-order valence-electron chi connectivity index (χ4n) is 1.99. The predicted molar refractivity (Wildman–Crippen MR) is 72.8 cm³/mol. The van der Waals surface area contributed by atoms with Gasteiger partial charge in [0.05, 0.1) is 11.0 Å². The summed E-state index contributed by atoms with van der Waals surface area (Å²) >= 11 is 0. The average Bonchev–Trinajstić information content (AvgIpc) is 2.77. The van der Waals surface area contributed by atoms with E-state index in [-0.39, 0.29) is 6.03 Å². The Balaban J connectivity index is 2.32. The Morgan fingerprint density at radius 3 is 2.83 bits per heavy atom. The van der Waals surface area contributed by atoms with Gasteiger partial charge in [0, 0.05) is 13.0 Å². The van der Waals surface area contributed by atoms with Crippen LogP contribution in [0.25, 0.3) is 11.0 Å². The minimum Gasteiger partial charge on any atom is -0.337 e. The van der Waals surface area contributed by atoms with E-state index in [2.05, 4.69) is 17.2 Å². The Kier molecular flexibility index (Phi) is 3.97. The topological polar surface area (TPSA) is 46.9 Å². The molecule has 18 heavy (non-hydrogen) atoms. The van der Waals surface area contributed by atoms with E-state index in [4.69, 9.17) is 0 Å². The number of aryl methyl sites for hydroxylation is 1. The molecule has 96 valence electrons. The highest BCUT2D eigenvalue weighted by Crippen LogP contribution is 2.15. The van der Waals surface area contributed by atoms with Crippen LogP contribution in [0.15, 0.2) is 24.3 Å². The van der Waals surface area contributed by atoms with E-state index in [0.29, 0.717) is 6.54 Å². The fourth-order valence-corrected chi connectivity index (χ4v) is 1.99. The summed E-state index contributed by atoms with van der Waals surface area (Å²) < 4.78 is 1.69. The van der Waals surface area contributed by atoms with Crippen LogP contribution < -0.4 is 5.32 Å². The number of unbranched alkanes of at least 4 members (excludes halogenated alkanes) is 1. The summed E-state index contributed by atoms with van der Waals surface area (Å²) in [5.41, 5.74) is 1.75. The van der Waals surface area contributed by atoms with Gasteiger partial charge in [-0.3, -0.25) is 0 Å². The second-order valence-electron chi connectivity index (χ2n) is 4.29. The number of carbonyl (C=O) groups is 1. The third-order valence-corrected chi connectivity index (χ3v) is 2.96. The molecule has 1 amide bonds. The zero-order valence-electron chi connectivity index (χ0n) is 10.9. The fraction of sp³-hybridized carbons (Fsp3) is 0.429. The van der Waals surface area contributed by atoms with Crippen LogP contribution in [0.5, 0.6) is 0 Å². The van der Waals surface area contributed by atoms with E-state index >= 15 is 0 Å². The van der Waals surface area contributed by atoms with Gasteiger partial charge in [-0.25, -0.2) is 14.3 Å². The van der Waals surface area contributed by atoms with Gasteiger partial charge >= 0.3 is 6.03 Å².